The molecule has 14 nitrogen and oxygen atoms in total. The van der Waals surface area contributed by atoms with Gasteiger partial charge in [0.1, 0.15) is 17.7 Å². The van der Waals surface area contributed by atoms with Gasteiger partial charge >= 0.3 is 6.18 Å². The molecule has 2 aliphatic rings. The van der Waals surface area contributed by atoms with Gasteiger partial charge in [-0.25, -0.2) is 9.97 Å². The van der Waals surface area contributed by atoms with Crippen LogP contribution in [0.5, 0.6) is 0 Å². The van der Waals surface area contributed by atoms with Gasteiger partial charge in [-0.1, -0.05) is 12.1 Å². The van der Waals surface area contributed by atoms with Crippen molar-refractivity contribution in [2.24, 2.45) is 5.92 Å². The van der Waals surface area contributed by atoms with Crippen molar-refractivity contribution in [3.63, 3.8) is 0 Å². The van der Waals surface area contributed by atoms with Crippen molar-refractivity contribution in [2.75, 3.05) is 54.8 Å². The van der Waals surface area contributed by atoms with E-state index >= 15 is 0 Å². The van der Waals surface area contributed by atoms with Crippen LogP contribution in [0.3, 0.4) is 0 Å². The lowest BCUT2D eigenvalue weighted by Gasteiger charge is -2.34. The van der Waals surface area contributed by atoms with Crippen LogP contribution >= 0.6 is 0 Å². The number of nitriles is 1. The monoisotopic (exact) mass is 722 g/mol. The Hall–Kier alpha value is -4.50. The van der Waals surface area contributed by atoms with Crippen LogP contribution in [0, 0.1) is 17.2 Å². The van der Waals surface area contributed by atoms with Gasteiger partial charge in [-0.15, -0.1) is 0 Å². The molecule has 4 rings (SSSR count). The number of amides is 3. The zero-order valence-corrected chi connectivity index (χ0v) is 28.2. The molecule has 18 heteroatoms. The molecule has 3 amide bonds. The molecule has 4 N–H and O–H groups in total. The first-order valence-corrected chi connectivity index (χ1v) is 18.1. The highest BCUT2D eigenvalue weighted by Gasteiger charge is 2.39. The number of carbonyl (C=O) groups excluding carboxylic acids is 3. The Morgan fingerprint density at radius 3 is 2.24 bits per heavy atom. The number of nitrogens with one attached hydrogen (secondary N) is 3. The summed E-state index contributed by atoms with van der Waals surface area (Å²) in [7, 11) is -4.42. The van der Waals surface area contributed by atoms with Crippen molar-refractivity contribution in [3.05, 3.63) is 47.3 Å². The molecule has 0 saturated carbocycles. The number of carbonyl (C=O) groups is 3. The van der Waals surface area contributed by atoms with Crippen molar-refractivity contribution in [3.8, 4) is 6.07 Å². The summed E-state index contributed by atoms with van der Waals surface area (Å²) in [6, 6.07) is 9.92. The fourth-order valence-electron chi connectivity index (χ4n) is 6.08. The van der Waals surface area contributed by atoms with E-state index in [0.717, 1.165) is 12.0 Å². The number of aromatic nitrogens is 2. The predicted molar refractivity (Wildman–Crippen MR) is 176 cm³/mol. The molecule has 0 radical (unpaired) electrons. The number of nitrogens with zero attached hydrogens (tertiary/aromatic N) is 5. The highest BCUT2D eigenvalue weighted by Crippen LogP contribution is 2.34. The summed E-state index contributed by atoms with van der Waals surface area (Å²) in [6.07, 6.45) is -0.207. The first-order chi connectivity index (χ1) is 23.7. The summed E-state index contributed by atoms with van der Waals surface area (Å²) in [4.78, 5) is 47.8. The van der Waals surface area contributed by atoms with E-state index in [9.17, 15) is 36.0 Å². The van der Waals surface area contributed by atoms with E-state index in [2.05, 4.69) is 32.0 Å². The molecule has 2 saturated heterocycles. The third kappa shape index (κ3) is 11.8. The van der Waals surface area contributed by atoms with Gasteiger partial charge in [-0.2, -0.15) is 26.9 Å². The lowest BCUT2D eigenvalue weighted by molar-refractivity contribution is -0.144. The maximum atomic E-state index is 14.0. The Balaban J connectivity index is 1.26. The van der Waals surface area contributed by atoms with Crippen LogP contribution in [0.25, 0.3) is 0 Å². The molecule has 50 heavy (non-hydrogen) atoms. The highest BCUT2D eigenvalue weighted by atomic mass is 32.2. The van der Waals surface area contributed by atoms with Gasteiger partial charge < -0.3 is 25.8 Å². The second kappa shape index (κ2) is 17.4. The van der Waals surface area contributed by atoms with Gasteiger partial charge in [-0.3, -0.25) is 18.9 Å². The van der Waals surface area contributed by atoms with Gasteiger partial charge in [0.05, 0.1) is 11.6 Å². The maximum absolute atomic E-state index is 14.0. The molecule has 2 aromatic rings. The lowest BCUT2D eigenvalue weighted by Crippen LogP contribution is -2.44. The summed E-state index contributed by atoms with van der Waals surface area (Å²) < 4.78 is 71.9. The number of rotatable bonds is 15. The normalized spacial score (nSPS) is 16.9. The first-order valence-electron chi connectivity index (χ1n) is 16.4. The Morgan fingerprint density at radius 1 is 0.940 bits per heavy atom. The molecule has 1 aromatic carbocycles. The summed E-state index contributed by atoms with van der Waals surface area (Å²) in [5.41, 5.74) is 1.48. The Morgan fingerprint density at radius 2 is 1.60 bits per heavy atom. The minimum atomic E-state index is -4.78. The largest absolute Gasteiger partial charge is 0.451 e. The fraction of sp³-hybridized carbons (Fsp3) is 0.562. The molecular formula is C32H41F3N8O6S. The third-order valence-electron chi connectivity index (χ3n) is 8.64. The van der Waals surface area contributed by atoms with E-state index in [1.54, 1.807) is 21.9 Å². The summed E-state index contributed by atoms with van der Waals surface area (Å²) >= 11 is 0. The molecular weight excluding hydrogens is 681 g/mol. The smallest absolute Gasteiger partial charge is 0.356 e. The number of hydrogen-bond donors (Lipinski definition) is 4. The van der Waals surface area contributed by atoms with Crippen molar-refractivity contribution < 1.29 is 40.5 Å². The molecule has 3 heterocycles. The molecule has 2 fully saturated rings. The molecule has 0 bridgehead atoms. The number of halogens is 3. The van der Waals surface area contributed by atoms with Gasteiger partial charge in [-0.05, 0) is 68.6 Å². The molecule has 0 unspecified atom stereocenters. The molecule has 1 aromatic heterocycles. The fourth-order valence-corrected chi connectivity index (χ4v) is 6.51. The van der Waals surface area contributed by atoms with E-state index < -0.39 is 39.8 Å². The van der Waals surface area contributed by atoms with Crippen LogP contribution in [0.15, 0.2) is 30.3 Å². The second-order valence-electron chi connectivity index (χ2n) is 12.4. The van der Waals surface area contributed by atoms with E-state index in [-0.39, 0.29) is 48.9 Å². The van der Waals surface area contributed by atoms with Gasteiger partial charge in [0.15, 0.2) is 5.75 Å². The second-order valence-corrected chi connectivity index (χ2v) is 13.8. The number of hydrogen-bond acceptors (Lipinski definition) is 10. The Kier molecular flexibility index (Phi) is 13.4. The zero-order valence-electron chi connectivity index (χ0n) is 27.4. The van der Waals surface area contributed by atoms with Gasteiger partial charge in [0.25, 0.3) is 10.1 Å². The summed E-state index contributed by atoms with van der Waals surface area (Å²) in [6.45, 7) is 1.74. The molecule has 1 atom stereocenters. The van der Waals surface area contributed by atoms with Crippen molar-refractivity contribution in [1.29, 1.82) is 5.26 Å². The van der Waals surface area contributed by atoms with Gasteiger partial charge in [0.2, 0.25) is 23.5 Å². The molecule has 0 spiro atoms. The molecule has 2 aliphatic heterocycles. The van der Waals surface area contributed by atoms with E-state index in [1.165, 1.54) is 6.07 Å². The summed E-state index contributed by atoms with van der Waals surface area (Å²) in [5, 5.41) is 16.8. The maximum Gasteiger partial charge on any atom is 0.451 e. The zero-order chi connectivity index (χ0) is 36.3. The predicted octanol–water partition coefficient (Wildman–Crippen LogP) is 2.20. The Bertz CT molecular complexity index is 1640. The lowest BCUT2D eigenvalue weighted by atomic mass is 9.91. The van der Waals surface area contributed by atoms with E-state index in [0.29, 0.717) is 70.3 Å². The topological polar surface area (TPSA) is 198 Å². The van der Waals surface area contributed by atoms with Crippen LogP contribution in [0.4, 0.5) is 24.8 Å². The van der Waals surface area contributed by atoms with E-state index in [1.807, 2.05) is 12.1 Å². The first kappa shape index (κ1) is 38.3. The van der Waals surface area contributed by atoms with Crippen LogP contribution in [-0.2, 0) is 37.1 Å². The van der Waals surface area contributed by atoms with Crippen LogP contribution < -0.4 is 25.8 Å². The third-order valence-corrected chi connectivity index (χ3v) is 9.26. The minimum absolute atomic E-state index is 0.00594. The summed E-state index contributed by atoms with van der Waals surface area (Å²) in [5.74, 6) is -3.25. The van der Waals surface area contributed by atoms with Crippen LogP contribution in [0.2, 0.25) is 0 Å². The number of piperidine rings is 1. The number of anilines is 2. The minimum Gasteiger partial charge on any atom is -0.356 e. The van der Waals surface area contributed by atoms with Crippen molar-refractivity contribution in [1.82, 2.24) is 25.9 Å². The molecule has 272 valence electrons. The average molecular weight is 723 g/mol. The van der Waals surface area contributed by atoms with Crippen molar-refractivity contribution >= 4 is 39.5 Å². The van der Waals surface area contributed by atoms with Crippen LogP contribution in [-0.4, -0.2) is 91.7 Å². The number of alkyl halides is 3. The van der Waals surface area contributed by atoms with Crippen LogP contribution in [0.1, 0.15) is 61.9 Å². The van der Waals surface area contributed by atoms with E-state index in [4.69, 9.17) is 9.81 Å². The average Bonchev–Trinajstić information content (AvgIpc) is 3.56. The SMILES string of the molecule is N#Cc1ccc(CCNC(=O)[C@@H]2CCCN2c2cc(N3CCC(CCCC(=O)NCCNC(=O)CS(=O)(=O)O)CC3)nc(C(F)(F)F)n2)cc1. The Labute approximate surface area is 288 Å². The van der Waals surface area contributed by atoms with Gasteiger partial charge in [0, 0.05) is 51.8 Å². The quantitative estimate of drug-likeness (QED) is 0.155. The van der Waals surface area contributed by atoms with Crippen molar-refractivity contribution in [2.45, 2.75) is 63.6 Å². The highest BCUT2D eigenvalue weighted by molar-refractivity contribution is 7.86. The molecule has 0 aliphatic carbocycles. The number of benzene rings is 1. The standard InChI is InChI=1S/C32H41F3N8O6S/c33-32(34,35)31-40-26(42-17-11-22(12-18-42)3-1-5-28(44)37-14-15-38-29(45)21-50(47,48)49)19-27(41-31)43-16-2-4-25(43)30(46)39-13-10-23-6-8-24(20-36)9-7-23/h6-9,19,22,25H,1-5,10-18,21H2,(H,37,44)(H,38,45)(H,39,46)(H,47,48,49)/t25-/m0/s1.